The quantitative estimate of drug-likeness (QED) is 0.0679. The Bertz CT molecular complexity index is 2990. The van der Waals surface area contributed by atoms with Crippen molar-refractivity contribution in [1.82, 2.24) is 4.98 Å². The maximum atomic E-state index is 12.3. The van der Waals surface area contributed by atoms with Crippen LogP contribution >= 0.6 is 0 Å². The molecule has 16 heteroatoms. The van der Waals surface area contributed by atoms with E-state index >= 15 is 0 Å². The number of carboxylic acids is 2. The number of aryl methyl sites for hydroxylation is 1. The van der Waals surface area contributed by atoms with Crippen molar-refractivity contribution in [3.05, 3.63) is 127 Å². The zero-order chi connectivity index (χ0) is 45.2. The summed E-state index contributed by atoms with van der Waals surface area (Å²) in [4.78, 5) is 59.8. The van der Waals surface area contributed by atoms with Gasteiger partial charge in [-0.05, 0) is 115 Å². The molecular formula is C50H50CuN8O7. The van der Waals surface area contributed by atoms with Crippen molar-refractivity contribution < 1.29 is 51.1 Å². The van der Waals surface area contributed by atoms with Crippen LogP contribution in [0.3, 0.4) is 0 Å². The molecule has 4 aromatic carbocycles. The van der Waals surface area contributed by atoms with Gasteiger partial charge in [0.05, 0.1) is 42.6 Å². The summed E-state index contributed by atoms with van der Waals surface area (Å²) < 4.78 is 19.2. The minimum absolute atomic E-state index is 0. The molecule has 5 heterocycles. The number of benzene rings is 4. The van der Waals surface area contributed by atoms with Crippen molar-refractivity contribution >= 4 is 46.1 Å². The molecule has 4 aliphatic rings. The summed E-state index contributed by atoms with van der Waals surface area (Å²) in [5, 5.41) is 26.3. The summed E-state index contributed by atoms with van der Waals surface area (Å²) in [5.41, 5.74) is 5.30. The molecule has 1 aromatic heterocycles. The van der Waals surface area contributed by atoms with Gasteiger partial charge in [-0.1, -0.05) is 71.4 Å². The molecule has 8 bridgehead atoms. The predicted octanol–water partition coefficient (Wildman–Crippen LogP) is 8.96. The van der Waals surface area contributed by atoms with Gasteiger partial charge in [-0.2, -0.15) is 0 Å². The van der Waals surface area contributed by atoms with Crippen molar-refractivity contribution in [3.8, 4) is 17.2 Å². The third kappa shape index (κ3) is 9.17. The summed E-state index contributed by atoms with van der Waals surface area (Å²) in [6.45, 7) is 10.0. The summed E-state index contributed by atoms with van der Waals surface area (Å²) in [6.07, 6.45) is 7.29. The molecule has 343 valence electrons. The first-order valence-corrected chi connectivity index (χ1v) is 22.5. The Hall–Kier alpha value is -6.48. The van der Waals surface area contributed by atoms with Gasteiger partial charge in [-0.25, -0.2) is 19.6 Å². The van der Waals surface area contributed by atoms with Gasteiger partial charge >= 0.3 is 29.0 Å². The van der Waals surface area contributed by atoms with Gasteiger partial charge in [0.25, 0.3) is 0 Å². The van der Waals surface area contributed by atoms with Crippen LogP contribution in [0.5, 0.6) is 17.2 Å². The third-order valence-corrected chi connectivity index (χ3v) is 11.8. The fourth-order valence-electron chi connectivity index (χ4n) is 8.33. The van der Waals surface area contributed by atoms with Crippen LogP contribution in [0, 0.1) is 6.92 Å². The van der Waals surface area contributed by atoms with Crippen LogP contribution in [-0.4, -0.2) is 65.3 Å². The van der Waals surface area contributed by atoms with Crippen LogP contribution < -0.4 is 30.2 Å². The van der Waals surface area contributed by atoms with Gasteiger partial charge in [0.1, 0.15) is 5.75 Å². The van der Waals surface area contributed by atoms with Crippen molar-refractivity contribution in [2.45, 2.75) is 97.8 Å². The Morgan fingerprint density at radius 1 is 0.545 bits per heavy atom. The number of aliphatic imine (C=N–C) groups is 4. The number of aromatic nitrogens is 1. The van der Waals surface area contributed by atoms with E-state index in [1.807, 2.05) is 31.2 Å². The molecule has 5 aromatic rings. The van der Waals surface area contributed by atoms with Crippen molar-refractivity contribution in [1.29, 1.82) is 0 Å². The smallest absolute Gasteiger partial charge is 0.611 e. The van der Waals surface area contributed by atoms with E-state index in [-0.39, 0.29) is 50.8 Å². The summed E-state index contributed by atoms with van der Waals surface area (Å²) >= 11 is 0. The predicted molar refractivity (Wildman–Crippen MR) is 248 cm³/mol. The molecule has 0 amide bonds. The molecule has 15 nitrogen and oxygen atoms in total. The molecule has 1 radical (unpaired) electrons. The molecule has 0 fully saturated rings. The van der Waals surface area contributed by atoms with Gasteiger partial charge in [-0.3, -0.25) is 9.98 Å². The number of amidine groups is 4. The minimum Gasteiger partial charge on any atom is -0.611 e. The first kappa shape index (κ1) is 46.1. The Labute approximate surface area is 392 Å². The van der Waals surface area contributed by atoms with E-state index in [1.54, 1.807) is 12.1 Å². The van der Waals surface area contributed by atoms with Crippen LogP contribution in [0.4, 0.5) is 0 Å². The normalized spacial score (nSPS) is 17.9. The van der Waals surface area contributed by atoms with Gasteiger partial charge in [0.2, 0.25) is 0 Å². The molecule has 2 unspecified atom stereocenters. The third-order valence-electron chi connectivity index (χ3n) is 11.8. The molecule has 0 spiro atoms. The molecule has 0 aliphatic carbocycles. The van der Waals surface area contributed by atoms with Crippen LogP contribution in [-0.2, 0) is 17.1 Å². The average molecular weight is 939 g/mol. The zero-order valence-electron chi connectivity index (χ0n) is 37.2. The van der Waals surface area contributed by atoms with Crippen molar-refractivity contribution in [2.75, 3.05) is 19.8 Å². The van der Waals surface area contributed by atoms with Gasteiger partial charge < -0.3 is 44.7 Å². The summed E-state index contributed by atoms with van der Waals surface area (Å²) in [5.74, 6) is 0.816. The van der Waals surface area contributed by atoms with Crippen molar-refractivity contribution in [3.63, 3.8) is 0 Å². The van der Waals surface area contributed by atoms with Crippen LogP contribution in [0.1, 0.15) is 151 Å². The fourth-order valence-corrected chi connectivity index (χ4v) is 8.33. The molecule has 0 saturated heterocycles. The second-order valence-electron chi connectivity index (χ2n) is 16.5. The van der Waals surface area contributed by atoms with Gasteiger partial charge in [-0.15, -0.1) is 0 Å². The molecule has 0 saturated carbocycles. The van der Waals surface area contributed by atoms with Crippen LogP contribution in [0.2, 0.25) is 0 Å². The first-order chi connectivity index (χ1) is 31.6. The number of ether oxygens (including phenoxy) is 3. The number of nitrogens with zero attached hydrogens (tertiary/aromatic N) is 8. The maximum Gasteiger partial charge on any atom is 2.00 e. The van der Waals surface area contributed by atoms with Gasteiger partial charge in [0, 0.05) is 33.2 Å². The minimum atomic E-state index is -1.12. The summed E-state index contributed by atoms with van der Waals surface area (Å²) in [7, 11) is 0. The number of fused-ring (bicyclic) bond motifs is 18. The molecule has 4 aliphatic heterocycles. The number of unbranched alkanes of at least 4 members (excludes halogenated alkanes) is 6. The number of rotatable bonds is 17. The largest absolute Gasteiger partial charge is 2.00 e. The Morgan fingerprint density at radius 2 is 1.03 bits per heavy atom. The standard InChI is InChI=1S/C50H51N8O7.Cu/c1-5-8-11-18-63-38-24-35-32(21-27(38)4)43-55-46(35)54-42-30-16-14-28(49(59)60)22-33(30)44(52-42)51-41-31-17-15-29(50(61)62)23-34(31)45(53-41)57-48-37-26-40(65-20-13-10-7-3)39(64-19-12-9-6-2)25-36(37)47(56-43)58-48;/h14-17,21-26,47-48H,5-13,18-20H2,1-4H3,(H3,51,52,53,54,55,56,57,59,60,61,62);/q-1;+2/p-1. The molecular weight excluding hydrogens is 888 g/mol. The number of carbonyl (C=O) groups is 2. The zero-order valence-corrected chi connectivity index (χ0v) is 38.2. The van der Waals surface area contributed by atoms with Crippen LogP contribution in [0.25, 0.3) is 16.1 Å². The van der Waals surface area contributed by atoms with E-state index in [9.17, 15) is 19.8 Å². The van der Waals surface area contributed by atoms with E-state index < -0.39 is 24.3 Å². The number of carboxylic acid groups (broad SMARTS) is 2. The second kappa shape index (κ2) is 19.9. The Kier molecular flexibility index (Phi) is 13.9. The number of aromatic carboxylic acids is 2. The second-order valence-corrected chi connectivity index (χ2v) is 16.5. The van der Waals surface area contributed by atoms with E-state index in [2.05, 4.69) is 20.8 Å². The molecule has 2 atom stereocenters. The first-order valence-electron chi connectivity index (χ1n) is 22.5. The van der Waals surface area contributed by atoms with E-state index in [0.29, 0.717) is 76.2 Å². The van der Waals surface area contributed by atoms with E-state index in [0.717, 1.165) is 80.0 Å². The molecule has 66 heavy (non-hydrogen) atoms. The van der Waals surface area contributed by atoms with Gasteiger partial charge in [0.15, 0.2) is 23.2 Å². The summed E-state index contributed by atoms with van der Waals surface area (Å²) in [6, 6.07) is 17.2. The monoisotopic (exact) mass is 937 g/mol. The van der Waals surface area contributed by atoms with Crippen LogP contribution in [0.15, 0.2) is 90.6 Å². The molecule has 2 N–H and O–H groups in total. The molecule has 9 rings (SSSR count). The van der Waals surface area contributed by atoms with Crippen molar-refractivity contribution in [2.24, 2.45) is 30.0 Å². The maximum absolute atomic E-state index is 12.3. The van der Waals surface area contributed by atoms with E-state index in [4.69, 9.17) is 54.5 Å². The average Bonchev–Trinajstić information content (AvgIpc) is 4.02. The fraction of sp³-hybridized carbons (Fsp3) is 0.360. The van der Waals surface area contributed by atoms with E-state index in [1.165, 1.54) is 24.3 Å². The SMILES string of the molecule is CCCCCOc1cc2c(cc1C)/C1=N/C3[N-]C(/N=C4\N=C(N=c5[n-]c(c6ccc(C(=O)O)cc56)=NC2=N1)c1ccc(C(=O)O)cc14)c1cc(OCCCCC)c(OCCCCC)cc13.[Cu+2]. The topological polar surface area (TPSA) is 205 Å². The number of hydrogen-bond donors (Lipinski definition) is 2. The Balaban J connectivity index is 0.00000592. The Morgan fingerprint density at radius 3 is 1.59 bits per heavy atom. The number of hydrogen-bond acceptors (Lipinski definition) is 11.